The zero-order valence-corrected chi connectivity index (χ0v) is 18.3. The number of aromatic nitrogens is 4. The number of hydrogen-bond acceptors (Lipinski definition) is 5. The van der Waals surface area contributed by atoms with Crippen LogP contribution < -0.4 is 5.32 Å². The van der Waals surface area contributed by atoms with E-state index >= 15 is 0 Å². The molecule has 0 unspecified atom stereocenters. The van der Waals surface area contributed by atoms with Crippen molar-refractivity contribution in [2.75, 3.05) is 5.32 Å². The van der Waals surface area contributed by atoms with Crippen LogP contribution in [-0.2, 0) is 13.2 Å². The number of nitrogens with zero attached hydrogens (tertiary/aromatic N) is 4. The van der Waals surface area contributed by atoms with Crippen LogP contribution in [0.4, 0.5) is 10.3 Å². The number of aliphatic hydroxyl groups excluding tert-OH is 1. The molecular formula is C27H22FN5O. The van der Waals surface area contributed by atoms with E-state index in [1.54, 1.807) is 18.3 Å². The molecule has 168 valence electrons. The minimum absolute atomic E-state index is 0.0850. The molecule has 0 atom stereocenters. The topological polar surface area (TPSA) is 75.3 Å². The molecule has 0 fully saturated rings. The fourth-order valence-electron chi connectivity index (χ4n) is 3.88. The Morgan fingerprint density at radius 1 is 1.03 bits per heavy atom. The number of pyridine rings is 1. The minimum Gasteiger partial charge on any atom is -0.392 e. The number of nitrogens with one attached hydrogen (secondary N) is 1. The summed E-state index contributed by atoms with van der Waals surface area (Å²) in [6, 6.07) is 19.7. The first kappa shape index (κ1) is 21.5. The van der Waals surface area contributed by atoms with E-state index in [2.05, 4.69) is 16.9 Å². The van der Waals surface area contributed by atoms with E-state index in [1.807, 2.05) is 59.1 Å². The minimum atomic E-state index is -0.315. The first-order chi connectivity index (χ1) is 16.7. The van der Waals surface area contributed by atoms with E-state index in [0.717, 1.165) is 27.9 Å². The van der Waals surface area contributed by atoms with Gasteiger partial charge >= 0.3 is 0 Å². The fourth-order valence-corrected chi connectivity index (χ4v) is 3.88. The number of imidazole rings is 1. The highest BCUT2D eigenvalue weighted by Crippen LogP contribution is 2.32. The summed E-state index contributed by atoms with van der Waals surface area (Å²) in [5, 5.41) is 12.8. The van der Waals surface area contributed by atoms with E-state index in [-0.39, 0.29) is 12.4 Å². The van der Waals surface area contributed by atoms with Gasteiger partial charge in [-0.3, -0.25) is 4.40 Å². The summed E-state index contributed by atoms with van der Waals surface area (Å²) in [6.07, 6.45) is 5.37. The summed E-state index contributed by atoms with van der Waals surface area (Å²) in [5.41, 5.74) is 6.39. The standard InChI is InChI=1S/C27H22FN5O/c1-2-19-5-3-4-6-21(19)16-30-27-29-13-11-23(31-27)26-25(20-7-9-22(28)10-8-20)32-24-15-18(17-34)12-14-33(24)26/h2-15,34H,1,16-17H2,(H,29,30,31). The van der Waals surface area contributed by atoms with Crippen molar-refractivity contribution < 1.29 is 9.50 Å². The second-order valence-corrected chi connectivity index (χ2v) is 7.76. The molecule has 2 aromatic carbocycles. The second kappa shape index (κ2) is 9.25. The SMILES string of the molecule is C=Cc1ccccc1CNc1nccc(-c2c(-c3ccc(F)cc3)nc3cc(CO)ccn23)n1. The summed E-state index contributed by atoms with van der Waals surface area (Å²) in [6.45, 7) is 4.33. The van der Waals surface area contributed by atoms with Crippen LogP contribution >= 0.6 is 0 Å². The van der Waals surface area contributed by atoms with Gasteiger partial charge in [-0.05, 0) is 59.2 Å². The predicted octanol–water partition coefficient (Wildman–Crippen LogP) is 5.34. The van der Waals surface area contributed by atoms with E-state index in [0.29, 0.717) is 29.5 Å². The molecule has 5 rings (SSSR count). The van der Waals surface area contributed by atoms with E-state index in [9.17, 15) is 9.50 Å². The molecule has 0 amide bonds. The molecule has 0 bridgehead atoms. The predicted molar refractivity (Wildman–Crippen MR) is 131 cm³/mol. The number of hydrogen-bond donors (Lipinski definition) is 2. The molecule has 0 radical (unpaired) electrons. The molecule has 6 nitrogen and oxygen atoms in total. The van der Waals surface area contributed by atoms with Crippen LogP contribution in [0.25, 0.3) is 34.4 Å². The van der Waals surface area contributed by atoms with Crippen LogP contribution in [0.15, 0.2) is 85.7 Å². The van der Waals surface area contributed by atoms with Crippen LogP contribution in [0.2, 0.25) is 0 Å². The number of aliphatic hydroxyl groups is 1. The molecule has 5 aromatic rings. The van der Waals surface area contributed by atoms with Gasteiger partial charge in [-0.1, -0.05) is 36.9 Å². The first-order valence-electron chi connectivity index (χ1n) is 10.8. The van der Waals surface area contributed by atoms with Crippen molar-refractivity contribution in [3.05, 3.63) is 108 Å². The molecule has 7 heteroatoms. The quantitative estimate of drug-likeness (QED) is 0.349. The molecular weight excluding hydrogens is 429 g/mol. The van der Waals surface area contributed by atoms with Gasteiger partial charge in [0.25, 0.3) is 0 Å². The van der Waals surface area contributed by atoms with Gasteiger partial charge in [0, 0.05) is 24.5 Å². The van der Waals surface area contributed by atoms with Gasteiger partial charge in [-0.25, -0.2) is 19.3 Å². The number of fused-ring (bicyclic) bond motifs is 1. The van der Waals surface area contributed by atoms with E-state index in [4.69, 9.17) is 9.97 Å². The van der Waals surface area contributed by atoms with Crippen LogP contribution in [0.3, 0.4) is 0 Å². The summed E-state index contributed by atoms with van der Waals surface area (Å²) >= 11 is 0. The molecule has 34 heavy (non-hydrogen) atoms. The summed E-state index contributed by atoms with van der Waals surface area (Å²) in [7, 11) is 0. The highest BCUT2D eigenvalue weighted by atomic mass is 19.1. The zero-order chi connectivity index (χ0) is 23.5. The highest BCUT2D eigenvalue weighted by molar-refractivity contribution is 5.80. The molecule has 0 aliphatic rings. The maximum absolute atomic E-state index is 13.6. The maximum atomic E-state index is 13.6. The Bertz CT molecular complexity index is 1480. The van der Waals surface area contributed by atoms with Gasteiger partial charge in [-0.2, -0.15) is 0 Å². The summed E-state index contributed by atoms with van der Waals surface area (Å²) < 4.78 is 15.5. The molecule has 0 spiro atoms. The van der Waals surface area contributed by atoms with E-state index < -0.39 is 0 Å². The largest absolute Gasteiger partial charge is 0.392 e. The fraction of sp³-hybridized carbons (Fsp3) is 0.0741. The van der Waals surface area contributed by atoms with Gasteiger partial charge in [-0.15, -0.1) is 0 Å². The molecule has 0 saturated carbocycles. The normalized spacial score (nSPS) is 11.0. The monoisotopic (exact) mass is 451 g/mol. The Hall–Kier alpha value is -4.36. The Balaban J connectivity index is 1.57. The lowest BCUT2D eigenvalue weighted by Crippen LogP contribution is -2.05. The second-order valence-electron chi connectivity index (χ2n) is 7.76. The highest BCUT2D eigenvalue weighted by Gasteiger charge is 2.18. The Morgan fingerprint density at radius 3 is 2.65 bits per heavy atom. The number of halogens is 1. The third-order valence-corrected chi connectivity index (χ3v) is 5.60. The molecule has 3 heterocycles. The van der Waals surface area contributed by atoms with Crippen molar-refractivity contribution in [3.8, 4) is 22.6 Å². The van der Waals surface area contributed by atoms with Gasteiger partial charge in [0.05, 0.1) is 23.7 Å². The van der Waals surface area contributed by atoms with Crippen molar-refractivity contribution >= 4 is 17.7 Å². The smallest absolute Gasteiger partial charge is 0.223 e. The lowest BCUT2D eigenvalue weighted by atomic mass is 10.1. The average molecular weight is 452 g/mol. The maximum Gasteiger partial charge on any atom is 0.223 e. The molecule has 2 N–H and O–H groups in total. The molecule has 3 aromatic heterocycles. The van der Waals surface area contributed by atoms with Gasteiger partial charge in [0.1, 0.15) is 11.5 Å². The number of benzene rings is 2. The van der Waals surface area contributed by atoms with E-state index in [1.165, 1.54) is 12.1 Å². The van der Waals surface area contributed by atoms with Gasteiger partial charge in [0.2, 0.25) is 5.95 Å². The zero-order valence-electron chi connectivity index (χ0n) is 18.3. The van der Waals surface area contributed by atoms with Crippen LogP contribution in [0, 0.1) is 5.82 Å². The summed E-state index contributed by atoms with van der Waals surface area (Å²) in [5.74, 6) is 0.160. The summed E-state index contributed by atoms with van der Waals surface area (Å²) in [4.78, 5) is 13.9. The Labute approximate surface area is 196 Å². The van der Waals surface area contributed by atoms with Crippen molar-refractivity contribution in [1.29, 1.82) is 0 Å². The number of anilines is 1. The van der Waals surface area contributed by atoms with Crippen molar-refractivity contribution in [2.45, 2.75) is 13.2 Å². The Kier molecular flexibility index (Phi) is 5.84. The van der Waals surface area contributed by atoms with Gasteiger partial charge in [0.15, 0.2) is 0 Å². The van der Waals surface area contributed by atoms with Gasteiger partial charge < -0.3 is 10.4 Å². The van der Waals surface area contributed by atoms with Crippen molar-refractivity contribution in [2.24, 2.45) is 0 Å². The van der Waals surface area contributed by atoms with Crippen LogP contribution in [0.1, 0.15) is 16.7 Å². The molecule has 0 saturated heterocycles. The first-order valence-corrected chi connectivity index (χ1v) is 10.8. The van der Waals surface area contributed by atoms with Crippen LogP contribution in [-0.4, -0.2) is 24.5 Å². The van der Waals surface area contributed by atoms with Crippen molar-refractivity contribution in [3.63, 3.8) is 0 Å². The number of rotatable bonds is 7. The molecule has 0 aliphatic carbocycles. The third-order valence-electron chi connectivity index (χ3n) is 5.60. The third kappa shape index (κ3) is 4.16. The van der Waals surface area contributed by atoms with Crippen molar-refractivity contribution in [1.82, 2.24) is 19.4 Å². The van der Waals surface area contributed by atoms with Crippen LogP contribution in [0.5, 0.6) is 0 Å². The molecule has 0 aliphatic heterocycles. The lowest BCUT2D eigenvalue weighted by Gasteiger charge is -2.10. The lowest BCUT2D eigenvalue weighted by molar-refractivity contribution is 0.282. The average Bonchev–Trinajstić information content (AvgIpc) is 3.27. The Morgan fingerprint density at radius 2 is 1.85 bits per heavy atom.